The van der Waals surface area contributed by atoms with Gasteiger partial charge in [-0.2, -0.15) is 0 Å². The number of nitrogens with one attached hydrogen (secondary N) is 1. The first-order valence-corrected chi connectivity index (χ1v) is 8.07. The molecule has 2 rings (SSSR count). The third-order valence-corrected chi connectivity index (χ3v) is 4.13. The van der Waals surface area contributed by atoms with Crippen LogP contribution < -0.4 is 5.32 Å². The summed E-state index contributed by atoms with van der Waals surface area (Å²) in [5.41, 5.74) is 0.583. The number of aliphatic imine (C=N–C) groups is 1. The van der Waals surface area contributed by atoms with E-state index in [1.165, 1.54) is 17.8 Å². The van der Waals surface area contributed by atoms with Crippen LogP contribution in [0.2, 0.25) is 5.02 Å². The molecule has 7 heteroatoms. The molecule has 5 nitrogen and oxygen atoms in total. The largest absolute Gasteiger partial charge is 0.322 e. The smallest absolute Gasteiger partial charge is 0.266 e. The average Bonchev–Trinajstić information content (AvgIpc) is 2.75. The van der Waals surface area contributed by atoms with Gasteiger partial charge in [-0.3, -0.25) is 19.5 Å². The molecular weight excluding hydrogens is 322 g/mol. The number of anilines is 1. The lowest BCUT2D eigenvalue weighted by Gasteiger charge is -2.11. The zero-order chi connectivity index (χ0) is 16.1. The number of hydrogen-bond acceptors (Lipinski definition) is 4. The van der Waals surface area contributed by atoms with Crippen LogP contribution >= 0.6 is 23.4 Å². The highest BCUT2D eigenvalue weighted by Gasteiger charge is 2.32. The van der Waals surface area contributed by atoms with E-state index in [-0.39, 0.29) is 11.8 Å². The van der Waals surface area contributed by atoms with Crippen LogP contribution in [0.5, 0.6) is 0 Å². The zero-order valence-corrected chi connectivity index (χ0v) is 13.9. The van der Waals surface area contributed by atoms with Crippen LogP contribution in [0.3, 0.4) is 0 Å². The Morgan fingerprint density at radius 3 is 2.86 bits per heavy atom. The van der Waals surface area contributed by atoms with Crippen LogP contribution in [0.25, 0.3) is 0 Å². The van der Waals surface area contributed by atoms with E-state index in [0.717, 1.165) is 0 Å². The number of benzene rings is 1. The monoisotopic (exact) mass is 337 g/mol. The molecule has 1 N–H and O–H groups in total. The van der Waals surface area contributed by atoms with Crippen LogP contribution in [0, 0.1) is 0 Å². The Morgan fingerprint density at radius 2 is 2.23 bits per heavy atom. The molecule has 0 atom stereocenters. The molecule has 1 aromatic carbocycles. The lowest BCUT2D eigenvalue weighted by Crippen LogP contribution is -2.29. The van der Waals surface area contributed by atoms with Crippen LogP contribution in [-0.2, 0) is 9.59 Å². The van der Waals surface area contributed by atoms with E-state index in [1.807, 2.05) is 13.8 Å². The molecular formula is C15H16ClN3O2S. The summed E-state index contributed by atoms with van der Waals surface area (Å²) in [6, 6.07) is 6.84. The quantitative estimate of drug-likeness (QED) is 0.858. The second-order valence-electron chi connectivity index (χ2n) is 4.42. The Hall–Kier alpha value is -1.79. The van der Waals surface area contributed by atoms with Gasteiger partial charge in [0, 0.05) is 29.9 Å². The fraction of sp³-hybridized carbons (Fsp3) is 0.267. The summed E-state index contributed by atoms with van der Waals surface area (Å²) in [5.74, 6) is -0.562. The van der Waals surface area contributed by atoms with Crippen molar-refractivity contribution in [3.8, 4) is 0 Å². The Bertz CT molecular complexity index is 658. The topological polar surface area (TPSA) is 61.8 Å². The maximum atomic E-state index is 12.2. The molecule has 22 heavy (non-hydrogen) atoms. The van der Waals surface area contributed by atoms with Crippen molar-refractivity contribution in [2.75, 3.05) is 18.4 Å². The Morgan fingerprint density at radius 1 is 1.45 bits per heavy atom. The molecule has 0 saturated carbocycles. The highest BCUT2D eigenvalue weighted by atomic mass is 35.5. The second kappa shape index (κ2) is 7.47. The lowest BCUT2D eigenvalue weighted by molar-refractivity contribution is -0.122. The van der Waals surface area contributed by atoms with E-state index in [2.05, 4.69) is 10.3 Å². The van der Waals surface area contributed by atoms with Crippen molar-refractivity contribution in [3.05, 3.63) is 40.3 Å². The van der Waals surface area contributed by atoms with Crippen molar-refractivity contribution in [2.24, 2.45) is 4.99 Å². The van der Waals surface area contributed by atoms with E-state index >= 15 is 0 Å². The van der Waals surface area contributed by atoms with Gasteiger partial charge in [0.05, 0.1) is 4.91 Å². The number of halogens is 1. The van der Waals surface area contributed by atoms with Crippen molar-refractivity contribution in [1.29, 1.82) is 0 Å². The predicted octanol–water partition coefficient (Wildman–Crippen LogP) is 3.13. The summed E-state index contributed by atoms with van der Waals surface area (Å²) in [6.45, 7) is 4.89. The fourth-order valence-corrected chi connectivity index (χ4v) is 3.17. The number of carbonyl (C=O) groups is 2. The third kappa shape index (κ3) is 3.90. The summed E-state index contributed by atoms with van der Waals surface area (Å²) in [6.07, 6.45) is 1.30. The Kier molecular flexibility index (Phi) is 5.63. The number of hydrogen-bond donors (Lipinski definition) is 1. The highest BCUT2D eigenvalue weighted by Crippen LogP contribution is 2.30. The maximum Gasteiger partial charge on any atom is 0.266 e. The molecule has 0 radical (unpaired) electrons. The Balaban J connectivity index is 2.13. The van der Waals surface area contributed by atoms with Gasteiger partial charge in [-0.05, 0) is 43.8 Å². The molecule has 116 valence electrons. The van der Waals surface area contributed by atoms with Crippen molar-refractivity contribution in [3.63, 3.8) is 0 Å². The van der Waals surface area contributed by atoms with Crippen molar-refractivity contribution < 1.29 is 9.59 Å². The van der Waals surface area contributed by atoms with Gasteiger partial charge in [-0.1, -0.05) is 17.7 Å². The molecule has 1 aliphatic heterocycles. The number of amides is 2. The van der Waals surface area contributed by atoms with E-state index in [9.17, 15) is 9.59 Å². The van der Waals surface area contributed by atoms with Crippen LogP contribution in [-0.4, -0.2) is 35.0 Å². The molecule has 0 bridgehead atoms. The maximum absolute atomic E-state index is 12.2. The number of likely N-dealkylation sites (N-methyl/N-ethyl adjacent to an activating group) is 1. The third-order valence-electron chi connectivity index (χ3n) is 2.85. The normalized spacial score (nSPS) is 18.3. The van der Waals surface area contributed by atoms with Crippen LogP contribution in [0.1, 0.15) is 13.8 Å². The summed E-state index contributed by atoms with van der Waals surface area (Å²) < 4.78 is 0. The average molecular weight is 338 g/mol. The SMILES string of the molecule is CCN=C1S/C(=C\C(=O)Nc2cccc(Cl)c2)C(=O)N1CC. The Labute approximate surface area is 138 Å². The number of thioether (sulfide) groups is 1. The van der Waals surface area contributed by atoms with Gasteiger partial charge < -0.3 is 5.32 Å². The molecule has 1 aromatic rings. The molecule has 1 saturated heterocycles. The van der Waals surface area contributed by atoms with Gasteiger partial charge in [0.1, 0.15) is 0 Å². The molecule has 0 spiro atoms. The van der Waals surface area contributed by atoms with E-state index in [4.69, 9.17) is 11.6 Å². The fourth-order valence-electron chi connectivity index (χ4n) is 1.90. The van der Waals surface area contributed by atoms with Crippen LogP contribution in [0.4, 0.5) is 5.69 Å². The molecule has 1 aliphatic rings. The summed E-state index contributed by atoms with van der Waals surface area (Å²) >= 11 is 7.08. The number of amidine groups is 1. The van der Waals surface area contributed by atoms with E-state index in [0.29, 0.717) is 33.9 Å². The zero-order valence-electron chi connectivity index (χ0n) is 12.3. The predicted molar refractivity (Wildman–Crippen MR) is 91.1 cm³/mol. The first-order valence-electron chi connectivity index (χ1n) is 6.87. The van der Waals surface area contributed by atoms with Gasteiger partial charge in [-0.25, -0.2) is 0 Å². The van der Waals surface area contributed by atoms with Crippen molar-refractivity contribution in [2.45, 2.75) is 13.8 Å². The van der Waals surface area contributed by atoms with Gasteiger partial charge in [0.15, 0.2) is 5.17 Å². The summed E-state index contributed by atoms with van der Waals surface area (Å²) in [4.78, 5) is 30.5. The van der Waals surface area contributed by atoms with Gasteiger partial charge in [0.2, 0.25) is 5.91 Å². The van der Waals surface area contributed by atoms with E-state index < -0.39 is 0 Å². The molecule has 1 fully saturated rings. The summed E-state index contributed by atoms with van der Waals surface area (Å²) in [7, 11) is 0. The van der Waals surface area contributed by atoms with Gasteiger partial charge >= 0.3 is 0 Å². The summed E-state index contributed by atoms with van der Waals surface area (Å²) in [5, 5.41) is 3.86. The minimum atomic E-state index is -0.369. The number of rotatable bonds is 4. The molecule has 2 amide bonds. The molecule has 0 aromatic heterocycles. The molecule has 0 unspecified atom stereocenters. The standard InChI is InChI=1S/C15H16ClN3O2S/c1-3-17-15-19(4-2)14(21)12(22-15)9-13(20)18-11-7-5-6-10(16)8-11/h5-9H,3-4H2,1-2H3,(H,18,20)/b12-9-,17-15?. The lowest BCUT2D eigenvalue weighted by atomic mass is 10.3. The minimum Gasteiger partial charge on any atom is -0.322 e. The van der Waals surface area contributed by atoms with Crippen molar-refractivity contribution >= 4 is 46.0 Å². The molecule has 0 aliphatic carbocycles. The van der Waals surface area contributed by atoms with E-state index in [1.54, 1.807) is 29.2 Å². The second-order valence-corrected chi connectivity index (χ2v) is 5.86. The van der Waals surface area contributed by atoms with Gasteiger partial charge in [-0.15, -0.1) is 0 Å². The first-order chi connectivity index (χ1) is 10.5. The number of carbonyl (C=O) groups excluding carboxylic acids is 2. The van der Waals surface area contributed by atoms with Crippen molar-refractivity contribution in [1.82, 2.24) is 4.90 Å². The highest BCUT2D eigenvalue weighted by molar-refractivity contribution is 8.18. The first kappa shape index (κ1) is 16.6. The minimum absolute atomic E-state index is 0.194. The van der Waals surface area contributed by atoms with Gasteiger partial charge in [0.25, 0.3) is 5.91 Å². The molecule has 1 heterocycles. The number of nitrogens with zero attached hydrogens (tertiary/aromatic N) is 2. The van der Waals surface area contributed by atoms with Crippen LogP contribution in [0.15, 0.2) is 40.2 Å².